The zero-order valence-electron chi connectivity index (χ0n) is 16.9. The van der Waals surface area contributed by atoms with Gasteiger partial charge in [0.1, 0.15) is 11.6 Å². The van der Waals surface area contributed by atoms with Crippen LogP contribution in [0.5, 0.6) is 0 Å². The van der Waals surface area contributed by atoms with Gasteiger partial charge in [-0.25, -0.2) is 9.37 Å². The number of benzene rings is 2. The first-order valence-corrected chi connectivity index (χ1v) is 9.51. The molecule has 0 aliphatic rings. The third-order valence-corrected chi connectivity index (χ3v) is 5.08. The third kappa shape index (κ3) is 4.14. The maximum Gasteiger partial charge on any atom is 0.257 e. The van der Waals surface area contributed by atoms with E-state index in [1.165, 1.54) is 34.4 Å². The molecule has 0 aliphatic heterocycles. The lowest BCUT2D eigenvalue weighted by Crippen LogP contribution is -2.32. The summed E-state index contributed by atoms with van der Waals surface area (Å²) in [6.45, 7) is 9.72. The van der Waals surface area contributed by atoms with Gasteiger partial charge in [0.2, 0.25) is 0 Å². The van der Waals surface area contributed by atoms with Crippen molar-refractivity contribution >= 4 is 5.91 Å². The van der Waals surface area contributed by atoms with Gasteiger partial charge < -0.3 is 9.47 Å². The summed E-state index contributed by atoms with van der Waals surface area (Å²) in [6, 6.07) is 10.4. The van der Waals surface area contributed by atoms with Gasteiger partial charge in [-0.3, -0.25) is 4.79 Å². The van der Waals surface area contributed by atoms with Crippen molar-refractivity contribution in [2.45, 2.75) is 40.8 Å². The van der Waals surface area contributed by atoms with Gasteiger partial charge in [0.05, 0.1) is 12.1 Å². The van der Waals surface area contributed by atoms with Gasteiger partial charge in [-0.15, -0.1) is 0 Å². The minimum absolute atomic E-state index is 0.0904. The summed E-state index contributed by atoms with van der Waals surface area (Å²) >= 11 is 0. The quantitative estimate of drug-likeness (QED) is 0.625. The minimum Gasteiger partial charge on any atom is -0.331 e. The minimum atomic E-state index is -0.500. The number of rotatable bonds is 6. The molecule has 0 spiro atoms. The highest BCUT2D eigenvalue weighted by Crippen LogP contribution is 2.19. The SMILES string of the molecule is CCN(Cc1nccn1Cc1c(C)cc(C)cc1C)C(=O)c1ccccc1F. The summed E-state index contributed by atoms with van der Waals surface area (Å²) in [6.07, 6.45) is 3.67. The molecule has 0 saturated carbocycles. The molecule has 5 heteroatoms. The lowest BCUT2D eigenvalue weighted by atomic mass is 10.00. The first-order valence-electron chi connectivity index (χ1n) is 9.51. The fourth-order valence-corrected chi connectivity index (χ4v) is 3.57. The summed E-state index contributed by atoms with van der Waals surface area (Å²) < 4.78 is 16.1. The van der Waals surface area contributed by atoms with Crippen LogP contribution in [0.1, 0.15) is 45.4 Å². The second-order valence-corrected chi connectivity index (χ2v) is 7.15. The lowest BCUT2D eigenvalue weighted by molar-refractivity contribution is 0.0742. The van der Waals surface area contributed by atoms with Crippen molar-refractivity contribution in [2.24, 2.45) is 0 Å². The molecule has 2 aromatic carbocycles. The second kappa shape index (κ2) is 8.38. The molecule has 1 aromatic heterocycles. The Kier molecular flexibility index (Phi) is 5.93. The summed E-state index contributed by atoms with van der Waals surface area (Å²) in [5.41, 5.74) is 5.08. The lowest BCUT2D eigenvalue weighted by Gasteiger charge is -2.22. The van der Waals surface area contributed by atoms with Crippen molar-refractivity contribution in [3.63, 3.8) is 0 Å². The van der Waals surface area contributed by atoms with Gasteiger partial charge >= 0.3 is 0 Å². The van der Waals surface area contributed by atoms with E-state index in [4.69, 9.17) is 0 Å². The second-order valence-electron chi connectivity index (χ2n) is 7.15. The zero-order chi connectivity index (χ0) is 20.3. The normalized spacial score (nSPS) is 10.9. The van der Waals surface area contributed by atoms with Gasteiger partial charge in [-0.05, 0) is 56.5 Å². The van der Waals surface area contributed by atoms with Crippen LogP contribution in [0, 0.1) is 26.6 Å². The molecular formula is C23H26FN3O. The Balaban J connectivity index is 1.83. The fraction of sp³-hybridized carbons (Fsp3) is 0.304. The van der Waals surface area contributed by atoms with E-state index in [2.05, 4.69) is 42.5 Å². The van der Waals surface area contributed by atoms with Crippen LogP contribution in [0.15, 0.2) is 48.8 Å². The average Bonchev–Trinajstić information content (AvgIpc) is 3.09. The van der Waals surface area contributed by atoms with E-state index in [9.17, 15) is 9.18 Å². The molecule has 146 valence electrons. The fourth-order valence-electron chi connectivity index (χ4n) is 3.57. The highest BCUT2D eigenvalue weighted by atomic mass is 19.1. The molecule has 0 atom stereocenters. The molecule has 0 bridgehead atoms. The third-order valence-electron chi connectivity index (χ3n) is 5.08. The van der Waals surface area contributed by atoms with E-state index < -0.39 is 5.82 Å². The van der Waals surface area contributed by atoms with Crippen molar-refractivity contribution in [3.05, 3.63) is 88.3 Å². The first kappa shape index (κ1) is 19.8. The topological polar surface area (TPSA) is 38.1 Å². The van der Waals surface area contributed by atoms with Gasteiger partial charge in [-0.2, -0.15) is 0 Å². The molecular weight excluding hydrogens is 353 g/mol. The molecule has 28 heavy (non-hydrogen) atoms. The van der Waals surface area contributed by atoms with E-state index in [-0.39, 0.29) is 11.5 Å². The summed E-state index contributed by atoms with van der Waals surface area (Å²) in [4.78, 5) is 18.9. The zero-order valence-corrected chi connectivity index (χ0v) is 16.9. The Labute approximate surface area is 165 Å². The maximum absolute atomic E-state index is 14.0. The largest absolute Gasteiger partial charge is 0.331 e. The molecule has 0 N–H and O–H groups in total. The predicted octanol–water partition coefficient (Wildman–Crippen LogP) is 4.66. The molecule has 0 aliphatic carbocycles. The monoisotopic (exact) mass is 379 g/mol. The van der Waals surface area contributed by atoms with Crippen molar-refractivity contribution in [2.75, 3.05) is 6.54 Å². The Hall–Kier alpha value is -2.95. The van der Waals surface area contributed by atoms with E-state index in [0.717, 1.165) is 5.82 Å². The first-order chi connectivity index (χ1) is 13.4. The van der Waals surface area contributed by atoms with Crippen molar-refractivity contribution in [3.8, 4) is 0 Å². The highest BCUT2D eigenvalue weighted by Gasteiger charge is 2.20. The number of aryl methyl sites for hydroxylation is 3. The highest BCUT2D eigenvalue weighted by molar-refractivity contribution is 5.94. The van der Waals surface area contributed by atoms with Gasteiger partial charge in [0, 0.05) is 25.5 Å². The Morgan fingerprint density at radius 3 is 2.46 bits per heavy atom. The van der Waals surface area contributed by atoms with Crippen LogP contribution in [-0.4, -0.2) is 26.9 Å². The van der Waals surface area contributed by atoms with E-state index in [0.29, 0.717) is 19.6 Å². The number of nitrogens with zero attached hydrogens (tertiary/aromatic N) is 3. The Morgan fingerprint density at radius 2 is 1.82 bits per heavy atom. The Morgan fingerprint density at radius 1 is 1.14 bits per heavy atom. The van der Waals surface area contributed by atoms with Gasteiger partial charge in [0.15, 0.2) is 0 Å². The van der Waals surface area contributed by atoms with Crippen molar-refractivity contribution < 1.29 is 9.18 Å². The number of imidazole rings is 1. The number of hydrogen-bond donors (Lipinski definition) is 0. The molecule has 0 saturated heterocycles. The average molecular weight is 379 g/mol. The number of carbonyl (C=O) groups is 1. The summed E-state index contributed by atoms with van der Waals surface area (Å²) in [5, 5.41) is 0. The summed E-state index contributed by atoms with van der Waals surface area (Å²) in [7, 11) is 0. The molecule has 0 fully saturated rings. The van der Waals surface area contributed by atoms with E-state index in [1.807, 2.05) is 13.1 Å². The van der Waals surface area contributed by atoms with E-state index in [1.54, 1.807) is 23.2 Å². The van der Waals surface area contributed by atoms with Crippen LogP contribution in [0.4, 0.5) is 4.39 Å². The van der Waals surface area contributed by atoms with Gasteiger partial charge in [0.25, 0.3) is 5.91 Å². The maximum atomic E-state index is 14.0. The molecule has 4 nitrogen and oxygen atoms in total. The van der Waals surface area contributed by atoms with Crippen LogP contribution >= 0.6 is 0 Å². The van der Waals surface area contributed by atoms with Crippen molar-refractivity contribution in [1.82, 2.24) is 14.5 Å². The number of halogens is 1. The molecule has 0 unspecified atom stereocenters. The van der Waals surface area contributed by atoms with Crippen LogP contribution in [0.25, 0.3) is 0 Å². The smallest absolute Gasteiger partial charge is 0.257 e. The number of carbonyl (C=O) groups excluding carboxylic acids is 1. The van der Waals surface area contributed by atoms with Crippen molar-refractivity contribution in [1.29, 1.82) is 0 Å². The number of amides is 1. The molecule has 0 radical (unpaired) electrons. The molecule has 1 amide bonds. The summed E-state index contributed by atoms with van der Waals surface area (Å²) in [5.74, 6) is -0.0380. The van der Waals surface area contributed by atoms with Crippen LogP contribution < -0.4 is 0 Å². The van der Waals surface area contributed by atoms with Crippen LogP contribution in [-0.2, 0) is 13.1 Å². The van der Waals surface area contributed by atoms with Crippen LogP contribution in [0.2, 0.25) is 0 Å². The predicted molar refractivity (Wildman–Crippen MR) is 109 cm³/mol. The number of aromatic nitrogens is 2. The molecule has 3 rings (SSSR count). The molecule has 1 heterocycles. The van der Waals surface area contributed by atoms with Gasteiger partial charge in [-0.1, -0.05) is 29.8 Å². The standard InChI is InChI=1S/C23H26FN3O/c1-5-26(23(28)19-8-6-7-9-21(19)24)15-22-25-10-11-27(22)14-20-17(3)12-16(2)13-18(20)4/h6-13H,5,14-15H2,1-4H3. The van der Waals surface area contributed by atoms with E-state index >= 15 is 0 Å². The molecule has 3 aromatic rings. The van der Waals surface area contributed by atoms with Crippen LogP contribution in [0.3, 0.4) is 0 Å². The number of hydrogen-bond acceptors (Lipinski definition) is 2. The Bertz CT molecular complexity index is 970.